The number of thiophene rings is 1. The highest BCUT2D eigenvalue weighted by atomic mass is 32.1. The molecule has 0 radical (unpaired) electrons. The zero-order chi connectivity index (χ0) is 21.3. The highest BCUT2D eigenvalue weighted by molar-refractivity contribution is 7.21. The molecule has 4 rings (SSSR count). The maximum absolute atomic E-state index is 13.1. The minimum atomic E-state index is -0.0682. The van der Waals surface area contributed by atoms with Crippen molar-refractivity contribution in [3.8, 4) is 0 Å². The number of hydrogen-bond donors (Lipinski definition) is 1. The van der Waals surface area contributed by atoms with Crippen molar-refractivity contribution in [2.24, 2.45) is 7.05 Å². The van der Waals surface area contributed by atoms with Crippen LogP contribution in [0.5, 0.6) is 0 Å². The molecule has 2 aromatic heterocycles. The first-order valence-electron chi connectivity index (χ1n) is 10.5. The third-order valence-electron chi connectivity index (χ3n) is 5.98. The van der Waals surface area contributed by atoms with Crippen molar-refractivity contribution in [3.05, 3.63) is 51.7 Å². The number of nitrogens with zero attached hydrogens (tertiary/aromatic N) is 3. The maximum Gasteiger partial charge on any atom is 0.261 e. The molecule has 0 saturated carbocycles. The monoisotopic (exact) mass is 426 g/mol. The number of fused-ring (bicyclic) bond motifs is 1. The van der Waals surface area contributed by atoms with E-state index in [1.54, 1.807) is 11.3 Å². The number of aromatic nitrogens is 2. The van der Waals surface area contributed by atoms with Crippen molar-refractivity contribution >= 4 is 27.3 Å². The predicted octanol–water partition coefficient (Wildman–Crippen LogP) is 3.62. The second kappa shape index (κ2) is 8.88. The van der Waals surface area contributed by atoms with Crippen LogP contribution < -0.4 is 5.32 Å². The van der Waals surface area contributed by atoms with Gasteiger partial charge in [0.1, 0.15) is 0 Å². The smallest absolute Gasteiger partial charge is 0.261 e. The number of amides is 1. The fourth-order valence-electron chi connectivity index (χ4n) is 4.23. The summed E-state index contributed by atoms with van der Waals surface area (Å²) in [5, 5.41) is 8.75. The van der Waals surface area contributed by atoms with E-state index in [9.17, 15) is 4.79 Å². The number of benzene rings is 1. The molecular formula is C23H30N4O2S. The lowest BCUT2D eigenvalue weighted by Crippen LogP contribution is -2.36. The number of ether oxygens (including phenoxy) is 1. The number of hydrogen-bond acceptors (Lipinski definition) is 5. The van der Waals surface area contributed by atoms with Crippen molar-refractivity contribution in [1.29, 1.82) is 0 Å². The van der Waals surface area contributed by atoms with E-state index >= 15 is 0 Å². The van der Waals surface area contributed by atoms with Gasteiger partial charge in [0.05, 0.1) is 23.3 Å². The van der Waals surface area contributed by atoms with E-state index in [1.807, 2.05) is 30.8 Å². The molecule has 1 fully saturated rings. The Morgan fingerprint density at radius 3 is 2.83 bits per heavy atom. The Bertz CT molecular complexity index is 1060. The normalized spacial score (nSPS) is 17.5. The van der Waals surface area contributed by atoms with Crippen molar-refractivity contribution in [2.45, 2.75) is 32.8 Å². The largest absolute Gasteiger partial charge is 0.371 e. The quantitative estimate of drug-likeness (QED) is 0.612. The number of carbonyl (C=O) groups is 1. The lowest BCUT2D eigenvalue weighted by Gasteiger charge is -2.30. The summed E-state index contributed by atoms with van der Waals surface area (Å²) in [5.41, 5.74) is 4.60. The van der Waals surface area contributed by atoms with E-state index in [-0.39, 0.29) is 12.0 Å². The summed E-state index contributed by atoms with van der Waals surface area (Å²) in [4.78, 5) is 16.2. The zero-order valence-electron chi connectivity index (χ0n) is 18.2. The molecule has 7 heteroatoms. The molecule has 1 aliphatic rings. The molecule has 1 amide bonds. The van der Waals surface area contributed by atoms with E-state index in [0.29, 0.717) is 13.2 Å². The van der Waals surface area contributed by atoms with Gasteiger partial charge in [-0.3, -0.25) is 9.48 Å². The molecule has 6 nitrogen and oxygen atoms in total. The van der Waals surface area contributed by atoms with E-state index < -0.39 is 0 Å². The Morgan fingerprint density at radius 1 is 1.30 bits per heavy atom. The second-order valence-electron chi connectivity index (χ2n) is 8.10. The summed E-state index contributed by atoms with van der Waals surface area (Å²) in [7, 11) is 4.08. The number of aryl methyl sites for hydroxylation is 2. The Labute approximate surface area is 181 Å². The predicted molar refractivity (Wildman–Crippen MR) is 121 cm³/mol. The van der Waals surface area contributed by atoms with Crippen LogP contribution in [0, 0.1) is 13.8 Å². The maximum atomic E-state index is 13.1. The number of morpholine rings is 1. The zero-order valence-corrected chi connectivity index (χ0v) is 19.0. The van der Waals surface area contributed by atoms with Crippen LogP contribution >= 0.6 is 11.3 Å². The molecule has 30 heavy (non-hydrogen) atoms. The summed E-state index contributed by atoms with van der Waals surface area (Å²) < 4.78 is 9.14. The van der Waals surface area contributed by atoms with Crippen LogP contribution in [-0.4, -0.2) is 53.9 Å². The van der Waals surface area contributed by atoms with Crippen molar-refractivity contribution in [2.75, 3.05) is 33.3 Å². The van der Waals surface area contributed by atoms with Gasteiger partial charge >= 0.3 is 0 Å². The number of nitrogens with one attached hydrogen (secondary N) is 1. The summed E-state index contributed by atoms with van der Waals surface area (Å²) in [6.45, 7) is 7.21. The average molecular weight is 427 g/mol. The van der Waals surface area contributed by atoms with Crippen LogP contribution in [0.4, 0.5) is 0 Å². The van der Waals surface area contributed by atoms with Crippen LogP contribution in [0.1, 0.15) is 44.7 Å². The van der Waals surface area contributed by atoms with E-state index in [4.69, 9.17) is 4.74 Å². The van der Waals surface area contributed by atoms with Gasteiger partial charge in [-0.1, -0.05) is 18.2 Å². The average Bonchev–Trinajstić information content (AvgIpc) is 3.23. The first-order valence-corrected chi connectivity index (χ1v) is 11.4. The molecule has 0 bridgehead atoms. The van der Waals surface area contributed by atoms with Gasteiger partial charge in [-0.15, -0.1) is 11.3 Å². The number of rotatable bonds is 6. The summed E-state index contributed by atoms with van der Waals surface area (Å²) in [6, 6.07) is 8.24. The van der Waals surface area contributed by atoms with E-state index in [2.05, 4.69) is 41.4 Å². The summed E-state index contributed by atoms with van der Waals surface area (Å²) >= 11 is 1.57. The Kier molecular flexibility index (Phi) is 6.22. The van der Waals surface area contributed by atoms with Gasteiger partial charge in [0.25, 0.3) is 5.91 Å². The lowest BCUT2D eigenvalue weighted by molar-refractivity contribution is -0.0202. The SMILES string of the molecule is Cc1nn(C)c(C)c1CCCNC(=O)c1sc2ccccc2c1[C@H]1CN(C)CCO1. The number of likely N-dealkylation sites (N-methyl/N-ethyl adjacent to an activating group) is 1. The molecule has 0 unspecified atom stereocenters. The fraction of sp³-hybridized carbons (Fsp3) is 0.478. The van der Waals surface area contributed by atoms with E-state index in [1.165, 1.54) is 11.3 Å². The first-order chi connectivity index (χ1) is 14.5. The van der Waals surface area contributed by atoms with Gasteiger partial charge in [0, 0.05) is 42.6 Å². The molecule has 1 atom stereocenters. The lowest BCUT2D eigenvalue weighted by atomic mass is 10.0. The molecule has 3 aromatic rings. The van der Waals surface area contributed by atoms with E-state index in [0.717, 1.165) is 52.2 Å². The molecule has 0 spiro atoms. The van der Waals surface area contributed by atoms with Crippen LogP contribution in [0.25, 0.3) is 10.1 Å². The van der Waals surface area contributed by atoms with Gasteiger partial charge < -0.3 is 15.0 Å². The second-order valence-corrected chi connectivity index (χ2v) is 9.15. The van der Waals surface area contributed by atoms with Crippen LogP contribution in [0.2, 0.25) is 0 Å². The standard InChI is InChI=1S/C23H30N4O2S/c1-15-17(16(2)27(4)25-15)9-7-11-24-23(28)22-21(19-14-26(3)12-13-29-19)18-8-5-6-10-20(18)30-22/h5-6,8,10,19H,7,9,11-14H2,1-4H3,(H,24,28)/t19-/m1/s1. The Morgan fingerprint density at radius 2 is 2.10 bits per heavy atom. The minimum absolute atomic E-state index is 0.00246. The summed E-state index contributed by atoms with van der Waals surface area (Å²) in [6.07, 6.45) is 1.74. The highest BCUT2D eigenvalue weighted by Gasteiger charge is 2.28. The topological polar surface area (TPSA) is 59.4 Å². The molecular weight excluding hydrogens is 396 g/mol. The first kappa shape index (κ1) is 21.0. The molecule has 1 aliphatic heterocycles. The van der Waals surface area contributed by atoms with Gasteiger partial charge in [0.2, 0.25) is 0 Å². The Balaban J connectivity index is 1.48. The van der Waals surface area contributed by atoms with Crippen LogP contribution in [-0.2, 0) is 18.2 Å². The highest BCUT2D eigenvalue weighted by Crippen LogP contribution is 2.38. The number of carbonyl (C=O) groups excluding carboxylic acids is 1. The fourth-order valence-corrected chi connectivity index (χ4v) is 5.40. The third kappa shape index (κ3) is 4.15. The van der Waals surface area contributed by atoms with Gasteiger partial charge in [-0.25, -0.2) is 0 Å². The molecule has 1 saturated heterocycles. The van der Waals surface area contributed by atoms with Crippen molar-refractivity contribution in [3.63, 3.8) is 0 Å². The molecule has 160 valence electrons. The van der Waals surface area contributed by atoms with Crippen molar-refractivity contribution < 1.29 is 9.53 Å². The molecule has 1 N–H and O–H groups in total. The van der Waals surface area contributed by atoms with Gasteiger partial charge in [-0.05, 0) is 50.8 Å². The minimum Gasteiger partial charge on any atom is -0.371 e. The van der Waals surface area contributed by atoms with Crippen LogP contribution in [0.3, 0.4) is 0 Å². The Hall–Kier alpha value is -2.22. The summed E-state index contributed by atoms with van der Waals surface area (Å²) in [5.74, 6) is 0.00246. The van der Waals surface area contributed by atoms with Crippen molar-refractivity contribution in [1.82, 2.24) is 20.0 Å². The molecule has 3 heterocycles. The molecule has 1 aromatic carbocycles. The van der Waals surface area contributed by atoms with Crippen LogP contribution in [0.15, 0.2) is 24.3 Å². The van der Waals surface area contributed by atoms with Gasteiger partial charge in [-0.2, -0.15) is 5.10 Å². The molecule has 0 aliphatic carbocycles. The van der Waals surface area contributed by atoms with Gasteiger partial charge in [0.15, 0.2) is 0 Å². The third-order valence-corrected chi connectivity index (χ3v) is 7.16.